The molecule has 0 saturated carbocycles. The number of anilines is 1. The molecule has 1 aromatic heterocycles. The molecule has 4 aromatic rings. The third-order valence-electron chi connectivity index (χ3n) is 4.44. The van der Waals surface area contributed by atoms with Crippen molar-refractivity contribution in [3.63, 3.8) is 0 Å². The molecule has 0 bridgehead atoms. The Labute approximate surface area is 173 Å². The topological polar surface area (TPSA) is 69.0 Å². The average molecular weight is 407 g/mol. The highest BCUT2D eigenvalue weighted by molar-refractivity contribution is 6.30. The van der Waals surface area contributed by atoms with Gasteiger partial charge in [-0.05, 0) is 74.0 Å². The first kappa shape index (κ1) is 19.0. The Hall–Kier alpha value is -3.38. The number of amides is 1. The van der Waals surface area contributed by atoms with Gasteiger partial charge in [-0.2, -0.15) is 4.80 Å². The lowest BCUT2D eigenvalue weighted by atomic mass is 10.1. The summed E-state index contributed by atoms with van der Waals surface area (Å²) in [6, 6.07) is 18.1. The van der Waals surface area contributed by atoms with Gasteiger partial charge in [0, 0.05) is 16.3 Å². The van der Waals surface area contributed by atoms with Crippen molar-refractivity contribution in [3.8, 4) is 11.4 Å². The molecule has 0 aliphatic carbocycles. The van der Waals surface area contributed by atoms with E-state index in [0.717, 1.165) is 16.8 Å². The molecule has 0 fully saturated rings. The predicted octanol–water partition coefficient (Wildman–Crippen LogP) is 5.03. The molecule has 0 atom stereocenters. The number of halogens is 1. The van der Waals surface area contributed by atoms with Crippen LogP contribution in [0.25, 0.3) is 16.7 Å². The number of carbonyl (C=O) groups excluding carboxylic acids is 1. The second-order valence-corrected chi connectivity index (χ2v) is 6.97. The zero-order valence-corrected chi connectivity index (χ0v) is 16.8. The van der Waals surface area contributed by atoms with Gasteiger partial charge < -0.3 is 10.1 Å². The van der Waals surface area contributed by atoms with E-state index in [1.54, 1.807) is 35.1 Å². The summed E-state index contributed by atoms with van der Waals surface area (Å²) in [6.07, 6.45) is 0. The smallest absolute Gasteiger partial charge is 0.255 e. The van der Waals surface area contributed by atoms with Crippen molar-refractivity contribution in [1.29, 1.82) is 0 Å². The molecule has 4 rings (SSSR count). The van der Waals surface area contributed by atoms with Crippen LogP contribution in [0.2, 0.25) is 5.02 Å². The number of hydrogen-bond acceptors (Lipinski definition) is 4. The van der Waals surface area contributed by atoms with Crippen molar-refractivity contribution in [2.75, 3.05) is 11.9 Å². The normalized spacial score (nSPS) is 10.9. The molecule has 0 saturated heterocycles. The summed E-state index contributed by atoms with van der Waals surface area (Å²) in [5.41, 5.74) is 4.35. The van der Waals surface area contributed by atoms with E-state index in [2.05, 4.69) is 15.5 Å². The van der Waals surface area contributed by atoms with Crippen LogP contribution in [0.15, 0.2) is 60.7 Å². The SMILES string of the molecule is CCOc1cccc(C(=O)Nc2cc3nn(-c4ccc(Cl)cc4)nc3cc2C)c1. The fraction of sp³-hybridized carbons (Fsp3) is 0.136. The summed E-state index contributed by atoms with van der Waals surface area (Å²) in [6.45, 7) is 4.37. The first-order valence-corrected chi connectivity index (χ1v) is 9.59. The van der Waals surface area contributed by atoms with E-state index < -0.39 is 0 Å². The van der Waals surface area contributed by atoms with Gasteiger partial charge in [0.05, 0.1) is 12.3 Å². The van der Waals surface area contributed by atoms with Crippen molar-refractivity contribution in [1.82, 2.24) is 15.0 Å². The van der Waals surface area contributed by atoms with Crippen LogP contribution in [0.1, 0.15) is 22.8 Å². The number of fused-ring (bicyclic) bond motifs is 1. The summed E-state index contributed by atoms with van der Waals surface area (Å²) < 4.78 is 5.47. The van der Waals surface area contributed by atoms with Gasteiger partial charge in [0.25, 0.3) is 5.91 Å². The molecule has 1 heterocycles. The van der Waals surface area contributed by atoms with Crippen LogP contribution in [0, 0.1) is 6.92 Å². The molecule has 0 unspecified atom stereocenters. The van der Waals surface area contributed by atoms with Gasteiger partial charge in [-0.1, -0.05) is 17.7 Å². The molecule has 3 aromatic carbocycles. The Bertz CT molecular complexity index is 1190. The summed E-state index contributed by atoms with van der Waals surface area (Å²) >= 11 is 5.95. The maximum absolute atomic E-state index is 12.7. The summed E-state index contributed by atoms with van der Waals surface area (Å²) in [5, 5.41) is 12.6. The van der Waals surface area contributed by atoms with Gasteiger partial charge in [0.15, 0.2) is 0 Å². The van der Waals surface area contributed by atoms with Gasteiger partial charge in [0.1, 0.15) is 16.8 Å². The first-order chi connectivity index (χ1) is 14.0. The Balaban J connectivity index is 1.62. The fourth-order valence-electron chi connectivity index (χ4n) is 2.98. The van der Waals surface area contributed by atoms with Crippen LogP contribution in [0.5, 0.6) is 5.75 Å². The molecule has 29 heavy (non-hydrogen) atoms. The number of nitrogens with zero attached hydrogens (tertiary/aromatic N) is 3. The quantitative estimate of drug-likeness (QED) is 0.504. The molecule has 1 N–H and O–H groups in total. The van der Waals surface area contributed by atoms with Gasteiger partial charge in [0.2, 0.25) is 0 Å². The van der Waals surface area contributed by atoms with Crippen LogP contribution < -0.4 is 10.1 Å². The number of rotatable bonds is 5. The number of hydrogen-bond donors (Lipinski definition) is 1. The Morgan fingerprint density at radius 1 is 1.07 bits per heavy atom. The second-order valence-electron chi connectivity index (χ2n) is 6.54. The van der Waals surface area contributed by atoms with Gasteiger partial charge >= 0.3 is 0 Å². The molecule has 0 radical (unpaired) electrons. The van der Waals surface area contributed by atoms with Crippen LogP contribution in [0.3, 0.4) is 0 Å². The highest BCUT2D eigenvalue weighted by atomic mass is 35.5. The van der Waals surface area contributed by atoms with Crippen molar-refractivity contribution in [3.05, 3.63) is 76.8 Å². The van der Waals surface area contributed by atoms with E-state index in [4.69, 9.17) is 16.3 Å². The summed E-state index contributed by atoms with van der Waals surface area (Å²) in [7, 11) is 0. The van der Waals surface area contributed by atoms with Gasteiger partial charge in [-0.3, -0.25) is 4.79 Å². The zero-order valence-electron chi connectivity index (χ0n) is 16.0. The zero-order chi connectivity index (χ0) is 20.4. The Morgan fingerprint density at radius 3 is 2.52 bits per heavy atom. The van der Waals surface area contributed by atoms with Crippen molar-refractivity contribution < 1.29 is 9.53 Å². The third-order valence-corrected chi connectivity index (χ3v) is 4.69. The number of carbonyl (C=O) groups is 1. The number of nitrogens with one attached hydrogen (secondary N) is 1. The lowest BCUT2D eigenvalue weighted by molar-refractivity contribution is 0.102. The molecule has 7 heteroatoms. The minimum atomic E-state index is -0.209. The Morgan fingerprint density at radius 2 is 1.79 bits per heavy atom. The minimum Gasteiger partial charge on any atom is -0.494 e. The molecule has 0 aliphatic rings. The van der Waals surface area contributed by atoms with E-state index in [9.17, 15) is 4.79 Å². The highest BCUT2D eigenvalue weighted by Gasteiger charge is 2.12. The van der Waals surface area contributed by atoms with E-state index >= 15 is 0 Å². The van der Waals surface area contributed by atoms with E-state index in [0.29, 0.717) is 34.1 Å². The van der Waals surface area contributed by atoms with Gasteiger partial charge in [-0.25, -0.2) is 0 Å². The van der Waals surface area contributed by atoms with E-state index in [1.807, 2.05) is 44.2 Å². The van der Waals surface area contributed by atoms with E-state index in [-0.39, 0.29) is 5.91 Å². The van der Waals surface area contributed by atoms with Crippen molar-refractivity contribution in [2.45, 2.75) is 13.8 Å². The minimum absolute atomic E-state index is 0.209. The number of aromatic nitrogens is 3. The van der Waals surface area contributed by atoms with Crippen molar-refractivity contribution >= 4 is 34.2 Å². The molecule has 1 amide bonds. The van der Waals surface area contributed by atoms with Crippen molar-refractivity contribution in [2.24, 2.45) is 0 Å². The average Bonchev–Trinajstić information content (AvgIpc) is 3.12. The standard InChI is InChI=1S/C22H19ClN4O2/c1-3-29-18-6-4-5-15(12-18)22(28)24-19-13-21-20(11-14(19)2)25-27(26-21)17-9-7-16(23)8-10-17/h4-13H,3H2,1-2H3,(H,24,28). The highest BCUT2D eigenvalue weighted by Crippen LogP contribution is 2.24. The number of benzene rings is 3. The predicted molar refractivity (Wildman–Crippen MR) is 114 cm³/mol. The van der Waals surface area contributed by atoms with Crippen LogP contribution >= 0.6 is 11.6 Å². The molecular formula is C22H19ClN4O2. The Kier molecular flexibility index (Phi) is 5.18. The lowest BCUT2D eigenvalue weighted by Gasteiger charge is -2.09. The third kappa shape index (κ3) is 4.07. The maximum atomic E-state index is 12.7. The van der Waals surface area contributed by atoms with E-state index in [1.165, 1.54) is 0 Å². The molecular weight excluding hydrogens is 388 g/mol. The molecule has 0 aliphatic heterocycles. The molecule has 0 spiro atoms. The first-order valence-electron chi connectivity index (χ1n) is 9.21. The summed E-state index contributed by atoms with van der Waals surface area (Å²) in [4.78, 5) is 14.3. The fourth-order valence-corrected chi connectivity index (χ4v) is 3.11. The maximum Gasteiger partial charge on any atom is 0.255 e. The monoisotopic (exact) mass is 406 g/mol. The van der Waals surface area contributed by atoms with Crippen LogP contribution in [-0.2, 0) is 0 Å². The van der Waals surface area contributed by atoms with Crippen LogP contribution in [0.4, 0.5) is 5.69 Å². The largest absolute Gasteiger partial charge is 0.494 e. The number of aryl methyl sites for hydroxylation is 1. The van der Waals surface area contributed by atoms with Gasteiger partial charge in [-0.15, -0.1) is 10.2 Å². The lowest BCUT2D eigenvalue weighted by Crippen LogP contribution is -2.13. The second kappa shape index (κ2) is 7.93. The molecule has 6 nitrogen and oxygen atoms in total. The van der Waals surface area contributed by atoms with Crippen LogP contribution in [-0.4, -0.2) is 27.5 Å². The summed E-state index contributed by atoms with van der Waals surface area (Å²) in [5.74, 6) is 0.456. The molecule has 146 valence electrons. The number of ether oxygens (including phenoxy) is 1.